The van der Waals surface area contributed by atoms with Crippen molar-refractivity contribution < 1.29 is 24.2 Å². The summed E-state index contributed by atoms with van der Waals surface area (Å²) in [6.07, 6.45) is 4.20. The Kier molecular flexibility index (Phi) is 26.5. The van der Waals surface area contributed by atoms with Gasteiger partial charge in [0, 0.05) is 12.2 Å². The highest BCUT2D eigenvalue weighted by Crippen LogP contribution is 1.88. The van der Waals surface area contributed by atoms with Crippen LogP contribution in [0.3, 0.4) is 0 Å². The molecule has 0 aliphatic carbocycles. The van der Waals surface area contributed by atoms with E-state index in [4.69, 9.17) is 16.7 Å². The molecule has 0 amide bonds. The normalized spacial score (nSPS) is 7.75. The molecular weight excluding hydrogens is 284 g/mol. The summed E-state index contributed by atoms with van der Waals surface area (Å²) in [4.78, 5) is 20.5. The number of halogens is 1. The molecule has 0 aliphatic rings. The van der Waals surface area contributed by atoms with Gasteiger partial charge in [0.05, 0.1) is 13.2 Å². The molecule has 20 heavy (non-hydrogen) atoms. The molecule has 0 spiro atoms. The van der Waals surface area contributed by atoms with Gasteiger partial charge in [0.1, 0.15) is 6.61 Å². The average Bonchev–Trinajstić information content (AvgIpc) is 2.46. The third kappa shape index (κ3) is 29.9. The lowest BCUT2D eigenvalue weighted by Gasteiger charge is -1.97. The number of hydrogen-bond donors (Lipinski definition) is 1. The number of rotatable bonds is 7. The average molecular weight is 307 g/mol. The Morgan fingerprint density at radius 1 is 1.10 bits per heavy atom. The van der Waals surface area contributed by atoms with E-state index in [9.17, 15) is 9.59 Å². The highest BCUT2D eigenvalue weighted by molar-refractivity contribution is 6.25. The van der Waals surface area contributed by atoms with Crippen LogP contribution >= 0.6 is 11.6 Å². The Hall–Kier alpha value is -1.59. The number of hydrogen-bond acceptors (Lipinski definition) is 5. The lowest BCUT2D eigenvalue weighted by molar-refractivity contribution is -0.139. The molecule has 0 bridgehead atoms. The van der Waals surface area contributed by atoms with Crippen LogP contribution in [0.25, 0.3) is 0 Å². The molecule has 0 atom stereocenters. The molecule has 0 saturated carbocycles. The van der Waals surface area contributed by atoms with Crippen LogP contribution in [-0.4, -0.2) is 36.9 Å². The Labute approximate surface area is 125 Å². The number of carbonyl (C=O) groups excluding carboxylic acids is 2. The molecule has 0 aromatic heterocycles. The second-order valence-electron chi connectivity index (χ2n) is 2.97. The molecule has 0 unspecified atom stereocenters. The Morgan fingerprint density at radius 3 is 1.80 bits per heavy atom. The van der Waals surface area contributed by atoms with Gasteiger partial charge in [-0.05, 0) is 12.0 Å². The molecule has 0 aliphatic heterocycles. The van der Waals surface area contributed by atoms with Crippen LogP contribution in [0.1, 0.15) is 19.8 Å². The van der Waals surface area contributed by atoms with Crippen LogP contribution in [0.5, 0.6) is 0 Å². The van der Waals surface area contributed by atoms with E-state index in [0.717, 1.165) is 18.9 Å². The molecule has 6 heteroatoms. The smallest absolute Gasteiger partial charge is 0.330 e. The first-order valence-electron chi connectivity index (χ1n) is 5.94. The topological polar surface area (TPSA) is 72.8 Å². The van der Waals surface area contributed by atoms with Crippen LogP contribution < -0.4 is 0 Å². The van der Waals surface area contributed by atoms with Crippen molar-refractivity contribution in [2.45, 2.75) is 19.8 Å². The van der Waals surface area contributed by atoms with E-state index in [2.05, 4.69) is 29.2 Å². The molecule has 0 saturated heterocycles. The van der Waals surface area contributed by atoms with Crippen molar-refractivity contribution in [1.82, 2.24) is 0 Å². The molecule has 0 heterocycles. The summed E-state index contributed by atoms with van der Waals surface area (Å²) in [5.41, 5.74) is 1.22. The van der Waals surface area contributed by atoms with E-state index in [1.807, 2.05) is 6.92 Å². The lowest BCUT2D eigenvalue weighted by Crippen LogP contribution is -2.04. The fraction of sp³-hybridized carbons (Fsp3) is 0.429. The number of ether oxygens (including phenoxy) is 2. The zero-order chi connectivity index (χ0) is 16.2. The van der Waals surface area contributed by atoms with Gasteiger partial charge < -0.3 is 14.6 Å². The summed E-state index contributed by atoms with van der Waals surface area (Å²) in [5, 5.41) is 8.10. The summed E-state index contributed by atoms with van der Waals surface area (Å²) in [7, 11) is 0. The van der Waals surface area contributed by atoms with Gasteiger partial charge >= 0.3 is 11.9 Å². The minimum Gasteiger partial charge on any atom is -0.463 e. The van der Waals surface area contributed by atoms with Crippen molar-refractivity contribution in [1.29, 1.82) is 0 Å². The number of esters is 2. The molecule has 0 aromatic rings. The first kappa shape index (κ1) is 23.5. The van der Waals surface area contributed by atoms with Crippen LogP contribution in [0.2, 0.25) is 0 Å². The zero-order valence-electron chi connectivity index (χ0n) is 11.8. The van der Waals surface area contributed by atoms with Crippen LogP contribution in [0.15, 0.2) is 37.4 Å². The molecule has 0 fully saturated rings. The first-order valence-corrected chi connectivity index (χ1v) is 6.37. The standard InChI is InChI=1S/C7H12O2.C5H8O3.C2H3Cl/c1-3-5-6-9-7(8)4-2;1-2-5(7)8-4-3-6;1-2-3/h4H,2-3,5-6H2,1H3;2,6H,1,3-4H2;2H,1H2. The van der Waals surface area contributed by atoms with Gasteiger partial charge in [-0.1, -0.05) is 44.7 Å². The fourth-order valence-corrected chi connectivity index (χ4v) is 0.581. The minimum atomic E-state index is -0.501. The van der Waals surface area contributed by atoms with E-state index in [0.29, 0.717) is 6.61 Å². The molecular formula is C14H23ClO5. The highest BCUT2D eigenvalue weighted by atomic mass is 35.5. The third-order valence-corrected chi connectivity index (χ3v) is 1.41. The highest BCUT2D eigenvalue weighted by Gasteiger charge is 1.91. The number of aliphatic hydroxyl groups is 1. The Morgan fingerprint density at radius 2 is 1.50 bits per heavy atom. The molecule has 5 nitrogen and oxygen atoms in total. The maximum Gasteiger partial charge on any atom is 0.330 e. The quantitative estimate of drug-likeness (QED) is 0.444. The van der Waals surface area contributed by atoms with E-state index in [1.54, 1.807) is 0 Å². The molecule has 1 N–H and O–H groups in total. The minimum absolute atomic E-state index is 0.0465. The summed E-state index contributed by atoms with van der Waals surface area (Å²) < 4.78 is 9.01. The van der Waals surface area contributed by atoms with Crippen LogP contribution in [0.4, 0.5) is 0 Å². The number of unbranched alkanes of at least 4 members (excludes halogenated alkanes) is 1. The molecule has 0 aromatic carbocycles. The van der Waals surface area contributed by atoms with Crippen molar-refractivity contribution >= 4 is 23.5 Å². The van der Waals surface area contributed by atoms with Crippen LogP contribution in [-0.2, 0) is 19.1 Å². The van der Waals surface area contributed by atoms with E-state index in [1.165, 1.54) is 11.6 Å². The van der Waals surface area contributed by atoms with Gasteiger partial charge in [-0.25, -0.2) is 9.59 Å². The van der Waals surface area contributed by atoms with Crippen molar-refractivity contribution in [2.24, 2.45) is 0 Å². The van der Waals surface area contributed by atoms with Gasteiger partial charge in [-0.2, -0.15) is 0 Å². The second kappa shape index (κ2) is 22.6. The van der Waals surface area contributed by atoms with E-state index >= 15 is 0 Å². The maximum absolute atomic E-state index is 10.3. The predicted molar refractivity (Wildman–Crippen MR) is 80.4 cm³/mol. The summed E-state index contributed by atoms with van der Waals surface area (Å²) in [6.45, 7) is 12.0. The van der Waals surface area contributed by atoms with Crippen molar-refractivity contribution in [3.63, 3.8) is 0 Å². The zero-order valence-corrected chi connectivity index (χ0v) is 12.6. The number of aliphatic hydroxyl groups excluding tert-OH is 1. The summed E-state index contributed by atoms with van der Waals surface area (Å²) >= 11 is 4.76. The third-order valence-electron chi connectivity index (χ3n) is 1.41. The van der Waals surface area contributed by atoms with Gasteiger partial charge in [0.2, 0.25) is 0 Å². The van der Waals surface area contributed by atoms with E-state index in [-0.39, 0.29) is 19.2 Å². The largest absolute Gasteiger partial charge is 0.463 e. The summed E-state index contributed by atoms with van der Waals surface area (Å²) in [5.74, 6) is -0.831. The fourth-order valence-electron chi connectivity index (χ4n) is 0.581. The predicted octanol–water partition coefficient (Wildman–Crippen LogP) is 2.59. The molecule has 116 valence electrons. The SMILES string of the molecule is C=CC(=O)OCCCC.C=CC(=O)OCCO.C=CCl. The summed E-state index contributed by atoms with van der Waals surface area (Å²) in [6, 6.07) is 0. The molecule has 0 rings (SSSR count). The van der Waals surface area contributed by atoms with Gasteiger partial charge in [0.25, 0.3) is 0 Å². The monoisotopic (exact) mass is 306 g/mol. The van der Waals surface area contributed by atoms with E-state index < -0.39 is 5.97 Å². The van der Waals surface area contributed by atoms with Crippen molar-refractivity contribution in [2.75, 3.05) is 19.8 Å². The Bertz CT molecular complexity index is 277. The Balaban J connectivity index is -0.000000243. The van der Waals surface area contributed by atoms with Crippen LogP contribution in [0, 0.1) is 0 Å². The van der Waals surface area contributed by atoms with Crippen molar-refractivity contribution in [3.8, 4) is 0 Å². The van der Waals surface area contributed by atoms with Gasteiger partial charge in [0.15, 0.2) is 0 Å². The second-order valence-corrected chi connectivity index (χ2v) is 3.28. The lowest BCUT2D eigenvalue weighted by atomic mass is 10.4. The first-order chi connectivity index (χ1) is 9.53. The molecule has 0 radical (unpaired) electrons. The van der Waals surface area contributed by atoms with Gasteiger partial charge in [-0.3, -0.25) is 0 Å². The van der Waals surface area contributed by atoms with Gasteiger partial charge in [-0.15, -0.1) is 0 Å². The van der Waals surface area contributed by atoms with Crippen molar-refractivity contribution in [3.05, 3.63) is 37.4 Å². The maximum atomic E-state index is 10.3. The number of carbonyl (C=O) groups is 2.